The van der Waals surface area contributed by atoms with Crippen molar-refractivity contribution >= 4 is 27.5 Å². The Morgan fingerprint density at radius 3 is 1.97 bits per heavy atom. The third-order valence-corrected chi connectivity index (χ3v) is 8.37. The summed E-state index contributed by atoms with van der Waals surface area (Å²) >= 11 is 5.88. The van der Waals surface area contributed by atoms with Crippen molar-refractivity contribution in [3.8, 4) is 0 Å². The van der Waals surface area contributed by atoms with Crippen LogP contribution in [0.4, 0.5) is 0 Å². The Kier molecular flexibility index (Phi) is 8.01. The number of halogens is 1. The molecule has 7 heteroatoms. The van der Waals surface area contributed by atoms with Gasteiger partial charge in [-0.15, -0.1) is 0 Å². The molecule has 1 unspecified atom stereocenters. The minimum absolute atomic E-state index is 0.000164. The predicted octanol–water partition coefficient (Wildman–Crippen LogP) is 5.38. The number of nitrogens with one attached hydrogen (secondary N) is 1. The van der Waals surface area contributed by atoms with Gasteiger partial charge < -0.3 is 5.32 Å². The highest BCUT2D eigenvalue weighted by Gasteiger charge is 2.33. The molecule has 0 bridgehead atoms. The average Bonchev–Trinajstić information content (AvgIpc) is 2.77. The SMILES string of the molecule is CC(C)c1ccc(C(NC(=O)C2CCN(S(=O)(=O)c3ccc(Cl)cc3)CC2)C(C)C)cc1. The second-order valence-electron chi connectivity index (χ2n) is 9.18. The lowest BCUT2D eigenvalue weighted by Crippen LogP contribution is -2.44. The van der Waals surface area contributed by atoms with Gasteiger partial charge in [-0.1, -0.05) is 63.6 Å². The highest BCUT2D eigenvalue weighted by molar-refractivity contribution is 7.89. The summed E-state index contributed by atoms with van der Waals surface area (Å²) in [5, 5.41) is 3.72. The van der Waals surface area contributed by atoms with Gasteiger partial charge in [0.1, 0.15) is 0 Å². The summed E-state index contributed by atoms with van der Waals surface area (Å²) in [6.07, 6.45) is 1.02. The summed E-state index contributed by atoms with van der Waals surface area (Å²) in [5.74, 6) is 0.516. The summed E-state index contributed by atoms with van der Waals surface area (Å²) in [7, 11) is -3.58. The van der Waals surface area contributed by atoms with Gasteiger partial charge in [-0.25, -0.2) is 8.42 Å². The molecule has 1 saturated heterocycles. The number of rotatable bonds is 7. The van der Waals surface area contributed by atoms with Crippen molar-refractivity contribution in [2.75, 3.05) is 13.1 Å². The molecule has 1 aliphatic heterocycles. The third-order valence-electron chi connectivity index (χ3n) is 6.20. The molecule has 174 valence electrons. The van der Waals surface area contributed by atoms with E-state index >= 15 is 0 Å². The van der Waals surface area contributed by atoms with Crippen LogP contribution in [0.5, 0.6) is 0 Å². The van der Waals surface area contributed by atoms with E-state index in [-0.39, 0.29) is 28.7 Å². The number of piperidine rings is 1. The van der Waals surface area contributed by atoms with Crippen LogP contribution in [-0.2, 0) is 14.8 Å². The molecule has 3 rings (SSSR count). The number of carbonyl (C=O) groups excluding carboxylic acids is 1. The Bertz CT molecular complexity index is 1010. The monoisotopic (exact) mass is 476 g/mol. The van der Waals surface area contributed by atoms with Crippen molar-refractivity contribution in [1.29, 1.82) is 0 Å². The van der Waals surface area contributed by atoms with E-state index in [0.717, 1.165) is 5.56 Å². The quantitative estimate of drug-likeness (QED) is 0.583. The third kappa shape index (κ3) is 5.72. The largest absolute Gasteiger partial charge is 0.349 e. The van der Waals surface area contributed by atoms with Crippen LogP contribution in [0.25, 0.3) is 0 Å². The molecule has 0 spiro atoms. The van der Waals surface area contributed by atoms with Crippen LogP contribution in [0.1, 0.15) is 63.6 Å². The highest BCUT2D eigenvalue weighted by Crippen LogP contribution is 2.28. The minimum Gasteiger partial charge on any atom is -0.349 e. The molecule has 0 radical (unpaired) electrons. The lowest BCUT2D eigenvalue weighted by molar-refractivity contribution is -0.127. The molecule has 2 aromatic carbocycles. The molecule has 1 N–H and O–H groups in total. The molecular formula is C25H33ClN2O3S. The maximum atomic E-state index is 13.0. The summed E-state index contributed by atoms with van der Waals surface area (Å²) in [6, 6.07) is 14.6. The number of carbonyl (C=O) groups is 1. The normalized spacial score (nSPS) is 17.0. The molecule has 0 saturated carbocycles. The first kappa shape index (κ1) is 24.7. The molecule has 0 aromatic heterocycles. The van der Waals surface area contributed by atoms with Crippen molar-refractivity contribution in [3.63, 3.8) is 0 Å². The van der Waals surface area contributed by atoms with Crippen molar-refractivity contribution in [3.05, 3.63) is 64.7 Å². The Hall–Kier alpha value is -1.89. The lowest BCUT2D eigenvalue weighted by atomic mass is 9.91. The van der Waals surface area contributed by atoms with Crippen LogP contribution < -0.4 is 5.32 Å². The van der Waals surface area contributed by atoms with E-state index in [9.17, 15) is 13.2 Å². The van der Waals surface area contributed by atoms with Gasteiger partial charge in [-0.3, -0.25) is 4.79 Å². The van der Waals surface area contributed by atoms with Crippen LogP contribution in [0.3, 0.4) is 0 Å². The van der Waals surface area contributed by atoms with Crippen LogP contribution in [0.15, 0.2) is 53.4 Å². The van der Waals surface area contributed by atoms with Gasteiger partial charge >= 0.3 is 0 Å². The van der Waals surface area contributed by atoms with Gasteiger partial charge in [-0.2, -0.15) is 4.31 Å². The van der Waals surface area contributed by atoms with Gasteiger partial charge in [-0.05, 0) is 60.1 Å². The molecule has 1 heterocycles. The molecule has 1 atom stereocenters. The second-order valence-corrected chi connectivity index (χ2v) is 11.6. The van der Waals surface area contributed by atoms with Gasteiger partial charge in [0.25, 0.3) is 0 Å². The number of nitrogens with zero attached hydrogens (tertiary/aromatic N) is 1. The highest BCUT2D eigenvalue weighted by atomic mass is 35.5. The maximum absolute atomic E-state index is 13.0. The number of hydrogen-bond acceptors (Lipinski definition) is 3. The molecular weight excluding hydrogens is 444 g/mol. The Morgan fingerprint density at radius 1 is 0.938 bits per heavy atom. The molecule has 1 amide bonds. The number of sulfonamides is 1. The van der Waals surface area contributed by atoms with Crippen LogP contribution in [0.2, 0.25) is 5.02 Å². The van der Waals surface area contributed by atoms with E-state index in [2.05, 4.69) is 57.3 Å². The Balaban J connectivity index is 1.63. The zero-order valence-electron chi connectivity index (χ0n) is 19.2. The van der Waals surface area contributed by atoms with Crippen LogP contribution in [0, 0.1) is 11.8 Å². The molecule has 0 aliphatic carbocycles. The predicted molar refractivity (Wildman–Crippen MR) is 129 cm³/mol. The molecule has 32 heavy (non-hydrogen) atoms. The fourth-order valence-corrected chi connectivity index (χ4v) is 5.70. The summed E-state index contributed by atoms with van der Waals surface area (Å²) in [6.45, 7) is 9.19. The molecule has 2 aromatic rings. The fourth-order valence-electron chi connectivity index (χ4n) is 4.11. The van der Waals surface area contributed by atoms with E-state index in [1.165, 1.54) is 22.0 Å². The minimum atomic E-state index is -3.58. The van der Waals surface area contributed by atoms with Crippen LogP contribution >= 0.6 is 11.6 Å². The molecule has 1 aliphatic rings. The van der Waals surface area contributed by atoms with Gasteiger partial charge in [0, 0.05) is 24.0 Å². The fraction of sp³-hybridized carbons (Fsp3) is 0.480. The summed E-state index contributed by atoms with van der Waals surface area (Å²) < 4.78 is 27.2. The Labute approximate surface area is 197 Å². The summed E-state index contributed by atoms with van der Waals surface area (Å²) in [4.78, 5) is 13.3. The van der Waals surface area contributed by atoms with E-state index < -0.39 is 10.0 Å². The molecule has 1 fully saturated rings. The van der Waals surface area contributed by atoms with Crippen molar-refractivity contribution in [2.45, 2.75) is 57.4 Å². The number of benzene rings is 2. The van der Waals surface area contributed by atoms with Gasteiger partial charge in [0.15, 0.2) is 0 Å². The van der Waals surface area contributed by atoms with E-state index in [0.29, 0.717) is 36.9 Å². The first-order chi connectivity index (χ1) is 15.1. The lowest BCUT2D eigenvalue weighted by Gasteiger charge is -2.32. The second kappa shape index (κ2) is 10.4. The first-order valence-corrected chi connectivity index (χ1v) is 13.1. The summed E-state index contributed by atoms with van der Waals surface area (Å²) in [5.41, 5.74) is 2.37. The maximum Gasteiger partial charge on any atom is 0.243 e. The van der Waals surface area contributed by atoms with Crippen molar-refractivity contribution in [2.24, 2.45) is 11.8 Å². The van der Waals surface area contributed by atoms with E-state index in [4.69, 9.17) is 11.6 Å². The first-order valence-electron chi connectivity index (χ1n) is 11.3. The zero-order chi connectivity index (χ0) is 23.5. The number of hydrogen-bond donors (Lipinski definition) is 1. The van der Waals surface area contributed by atoms with Crippen molar-refractivity contribution in [1.82, 2.24) is 9.62 Å². The number of amides is 1. The standard InChI is InChI=1S/C25H33ClN2O3S/c1-17(2)19-5-7-20(8-6-19)24(18(3)4)27-25(29)21-13-15-28(16-14-21)32(30,31)23-11-9-22(26)10-12-23/h5-12,17-18,21,24H,13-16H2,1-4H3,(H,27,29). The zero-order valence-corrected chi connectivity index (χ0v) is 20.8. The van der Waals surface area contributed by atoms with Gasteiger partial charge in [0.2, 0.25) is 15.9 Å². The Morgan fingerprint density at radius 2 is 1.47 bits per heavy atom. The average molecular weight is 477 g/mol. The topological polar surface area (TPSA) is 66.5 Å². The van der Waals surface area contributed by atoms with Crippen LogP contribution in [-0.4, -0.2) is 31.7 Å². The molecule has 5 nitrogen and oxygen atoms in total. The van der Waals surface area contributed by atoms with E-state index in [1.807, 2.05) is 0 Å². The van der Waals surface area contributed by atoms with Gasteiger partial charge in [0.05, 0.1) is 10.9 Å². The van der Waals surface area contributed by atoms with E-state index in [1.54, 1.807) is 12.1 Å². The van der Waals surface area contributed by atoms with Crippen molar-refractivity contribution < 1.29 is 13.2 Å². The smallest absolute Gasteiger partial charge is 0.243 e.